The molecule has 0 aliphatic carbocycles. The van der Waals surface area contributed by atoms with E-state index in [9.17, 15) is 19.5 Å². The summed E-state index contributed by atoms with van der Waals surface area (Å²) in [7, 11) is 0. The maximum Gasteiger partial charge on any atom is 0.326 e. The normalized spacial score (nSPS) is 14.7. The Bertz CT molecular complexity index is 798. The molecule has 0 bridgehead atoms. The van der Waals surface area contributed by atoms with Gasteiger partial charge in [0.2, 0.25) is 0 Å². The van der Waals surface area contributed by atoms with E-state index in [1.165, 1.54) is 0 Å². The molecule has 116 valence electrons. The van der Waals surface area contributed by atoms with Crippen LogP contribution in [0.2, 0.25) is 0 Å². The summed E-state index contributed by atoms with van der Waals surface area (Å²) >= 11 is 0. The second kappa shape index (κ2) is 5.68. The van der Waals surface area contributed by atoms with Crippen molar-refractivity contribution < 1.29 is 19.5 Å². The minimum Gasteiger partial charge on any atom is -0.480 e. The number of hydrogen-bond acceptors (Lipinski definition) is 3. The van der Waals surface area contributed by atoms with Gasteiger partial charge in [-0.1, -0.05) is 43.3 Å². The van der Waals surface area contributed by atoms with Gasteiger partial charge in [-0.2, -0.15) is 0 Å². The van der Waals surface area contributed by atoms with E-state index in [-0.39, 0.29) is 17.5 Å². The molecule has 3 rings (SSSR count). The first-order chi connectivity index (χ1) is 11.0. The van der Waals surface area contributed by atoms with Crippen molar-refractivity contribution in [2.45, 2.75) is 19.4 Å². The molecule has 0 radical (unpaired) electrons. The van der Waals surface area contributed by atoms with Crippen LogP contribution in [0.3, 0.4) is 0 Å². The molecule has 1 aliphatic heterocycles. The topological polar surface area (TPSA) is 74.7 Å². The van der Waals surface area contributed by atoms with Crippen LogP contribution in [0.5, 0.6) is 0 Å². The number of hydrogen-bond donors (Lipinski definition) is 1. The first kappa shape index (κ1) is 15.0. The summed E-state index contributed by atoms with van der Waals surface area (Å²) in [6.07, 6.45) is 0.173. The van der Waals surface area contributed by atoms with Crippen LogP contribution in [0.1, 0.15) is 34.1 Å². The zero-order chi connectivity index (χ0) is 16.6. The smallest absolute Gasteiger partial charge is 0.326 e. The van der Waals surface area contributed by atoms with E-state index >= 15 is 0 Å². The Labute approximate surface area is 133 Å². The number of carbonyl (C=O) groups excluding carboxylic acids is 2. The quantitative estimate of drug-likeness (QED) is 0.881. The molecule has 1 heterocycles. The van der Waals surface area contributed by atoms with Gasteiger partial charge in [0.15, 0.2) is 0 Å². The highest BCUT2D eigenvalue weighted by atomic mass is 16.4. The average Bonchev–Trinajstić information content (AvgIpc) is 2.81. The van der Waals surface area contributed by atoms with Crippen LogP contribution in [0.4, 0.5) is 0 Å². The van der Waals surface area contributed by atoms with Crippen LogP contribution < -0.4 is 0 Å². The number of amides is 2. The summed E-state index contributed by atoms with van der Waals surface area (Å²) in [6.45, 7) is 1.64. The lowest BCUT2D eigenvalue weighted by atomic mass is 10.0. The molecule has 2 aromatic carbocycles. The number of rotatable bonds is 4. The van der Waals surface area contributed by atoms with Crippen LogP contribution in [-0.2, 0) is 4.79 Å². The van der Waals surface area contributed by atoms with Gasteiger partial charge in [-0.25, -0.2) is 4.79 Å². The molecule has 5 heteroatoms. The van der Waals surface area contributed by atoms with Crippen molar-refractivity contribution in [3.05, 3.63) is 59.7 Å². The summed E-state index contributed by atoms with van der Waals surface area (Å²) in [6, 6.07) is 13.4. The zero-order valence-corrected chi connectivity index (χ0v) is 12.5. The average molecular weight is 309 g/mol. The maximum absolute atomic E-state index is 12.5. The summed E-state index contributed by atoms with van der Waals surface area (Å²) < 4.78 is 0. The molecule has 1 atom stereocenters. The van der Waals surface area contributed by atoms with Crippen molar-refractivity contribution in [2.24, 2.45) is 0 Å². The van der Waals surface area contributed by atoms with Gasteiger partial charge < -0.3 is 5.11 Å². The Kier molecular flexibility index (Phi) is 3.70. The second-order valence-electron chi connectivity index (χ2n) is 5.37. The van der Waals surface area contributed by atoms with E-state index in [1.807, 2.05) is 30.3 Å². The summed E-state index contributed by atoms with van der Waals surface area (Å²) in [5.41, 5.74) is 2.26. The molecule has 5 nitrogen and oxygen atoms in total. The summed E-state index contributed by atoms with van der Waals surface area (Å²) in [4.78, 5) is 37.1. The Balaban J connectivity index is 2.04. The molecule has 0 aromatic heterocycles. The molecule has 0 fully saturated rings. The minimum atomic E-state index is -1.18. The van der Waals surface area contributed by atoms with Gasteiger partial charge in [0.25, 0.3) is 11.8 Å². The van der Waals surface area contributed by atoms with Crippen molar-refractivity contribution in [3.8, 4) is 11.1 Å². The van der Waals surface area contributed by atoms with Gasteiger partial charge >= 0.3 is 5.97 Å². The second-order valence-corrected chi connectivity index (χ2v) is 5.37. The third-order valence-corrected chi connectivity index (χ3v) is 4.01. The molecule has 0 saturated heterocycles. The first-order valence-electron chi connectivity index (χ1n) is 7.34. The van der Waals surface area contributed by atoms with Crippen LogP contribution >= 0.6 is 0 Å². The fraction of sp³-hybridized carbons (Fsp3) is 0.167. The van der Waals surface area contributed by atoms with E-state index in [2.05, 4.69) is 0 Å². The molecule has 23 heavy (non-hydrogen) atoms. The van der Waals surface area contributed by atoms with Gasteiger partial charge in [-0.15, -0.1) is 0 Å². The highest BCUT2D eigenvalue weighted by molar-refractivity contribution is 6.23. The summed E-state index contributed by atoms with van der Waals surface area (Å²) in [5, 5.41) is 9.23. The molecule has 1 aliphatic rings. The number of carboxylic acids is 1. The maximum atomic E-state index is 12.5. The number of imide groups is 1. The highest BCUT2D eigenvalue weighted by Crippen LogP contribution is 2.30. The monoisotopic (exact) mass is 309 g/mol. The summed E-state index contributed by atoms with van der Waals surface area (Å²) in [5.74, 6) is -2.26. The van der Waals surface area contributed by atoms with Crippen LogP contribution in [-0.4, -0.2) is 33.8 Å². The molecule has 0 saturated carbocycles. The lowest BCUT2D eigenvalue weighted by Gasteiger charge is -2.20. The molecule has 2 aromatic rings. The largest absolute Gasteiger partial charge is 0.480 e. The number of aliphatic carboxylic acids is 1. The van der Waals surface area contributed by atoms with Crippen molar-refractivity contribution in [1.29, 1.82) is 0 Å². The number of carbonyl (C=O) groups is 3. The predicted octanol–water partition coefficient (Wildman–Crippen LogP) is 2.81. The Morgan fingerprint density at radius 3 is 2.26 bits per heavy atom. The standard InChI is InChI=1S/C18H15NO4/c1-2-15(18(22)23)19-16(20)13-9-8-12(10-14(13)17(19)21)11-6-4-3-5-7-11/h3-10,15H,2H2,1H3,(H,22,23). The number of carboxylic acid groups (broad SMARTS) is 1. The van der Waals surface area contributed by atoms with Crippen LogP contribution in [0.15, 0.2) is 48.5 Å². The van der Waals surface area contributed by atoms with Gasteiger partial charge in [0, 0.05) is 0 Å². The van der Waals surface area contributed by atoms with Gasteiger partial charge in [-0.05, 0) is 29.7 Å². The molecule has 1 unspecified atom stereocenters. The van der Waals surface area contributed by atoms with E-state index < -0.39 is 23.8 Å². The Hall–Kier alpha value is -2.95. The predicted molar refractivity (Wildman–Crippen MR) is 84.1 cm³/mol. The fourth-order valence-corrected chi connectivity index (χ4v) is 2.82. The van der Waals surface area contributed by atoms with E-state index in [0.717, 1.165) is 16.0 Å². The zero-order valence-electron chi connectivity index (χ0n) is 12.5. The van der Waals surface area contributed by atoms with E-state index in [4.69, 9.17) is 0 Å². The van der Waals surface area contributed by atoms with E-state index in [1.54, 1.807) is 25.1 Å². The molecular formula is C18H15NO4. The number of benzene rings is 2. The number of fused-ring (bicyclic) bond motifs is 1. The molecule has 1 N–H and O–H groups in total. The lowest BCUT2D eigenvalue weighted by molar-refractivity contribution is -0.141. The van der Waals surface area contributed by atoms with Crippen molar-refractivity contribution in [2.75, 3.05) is 0 Å². The third-order valence-electron chi connectivity index (χ3n) is 4.01. The van der Waals surface area contributed by atoms with Gasteiger partial charge in [0.05, 0.1) is 11.1 Å². The Morgan fingerprint density at radius 2 is 1.65 bits per heavy atom. The molecular weight excluding hydrogens is 294 g/mol. The fourth-order valence-electron chi connectivity index (χ4n) is 2.82. The van der Waals surface area contributed by atoms with Crippen molar-refractivity contribution in [1.82, 2.24) is 4.90 Å². The van der Waals surface area contributed by atoms with Gasteiger partial charge in [-0.3, -0.25) is 14.5 Å². The van der Waals surface area contributed by atoms with E-state index in [0.29, 0.717) is 0 Å². The number of nitrogens with zero attached hydrogens (tertiary/aromatic N) is 1. The molecule has 0 spiro atoms. The van der Waals surface area contributed by atoms with Crippen LogP contribution in [0, 0.1) is 0 Å². The lowest BCUT2D eigenvalue weighted by Crippen LogP contribution is -2.44. The Morgan fingerprint density at radius 1 is 1.00 bits per heavy atom. The van der Waals surface area contributed by atoms with Crippen molar-refractivity contribution >= 4 is 17.8 Å². The van der Waals surface area contributed by atoms with Gasteiger partial charge in [0.1, 0.15) is 6.04 Å². The minimum absolute atomic E-state index is 0.173. The van der Waals surface area contributed by atoms with Crippen molar-refractivity contribution in [3.63, 3.8) is 0 Å². The van der Waals surface area contributed by atoms with Crippen LogP contribution in [0.25, 0.3) is 11.1 Å². The SMILES string of the molecule is CCC(C(=O)O)N1C(=O)c2ccc(-c3ccccc3)cc2C1=O. The third kappa shape index (κ3) is 2.40. The highest BCUT2D eigenvalue weighted by Gasteiger charge is 2.42. The first-order valence-corrected chi connectivity index (χ1v) is 7.34. The molecule has 2 amide bonds.